The Balaban J connectivity index is 2.52. The minimum atomic E-state index is -0.773. The van der Waals surface area contributed by atoms with Gasteiger partial charge in [-0.05, 0) is 26.0 Å². The minimum Gasteiger partial charge on any atom is -0.369 e. The van der Waals surface area contributed by atoms with Crippen LogP contribution in [0, 0.1) is 0 Å². The van der Waals surface area contributed by atoms with Gasteiger partial charge in [-0.1, -0.05) is 0 Å². The number of aromatic nitrogens is 1. The van der Waals surface area contributed by atoms with E-state index in [1.165, 1.54) is 7.11 Å². The maximum Gasteiger partial charge on any atom is 0.251 e. The maximum atomic E-state index is 11.7. The lowest BCUT2D eigenvalue weighted by Crippen LogP contribution is -2.43. The molecule has 4 nitrogen and oxygen atoms in total. The summed E-state index contributed by atoms with van der Waals surface area (Å²) in [5.74, 6) is -0.105. The van der Waals surface area contributed by atoms with Gasteiger partial charge in [0.2, 0.25) is 0 Å². The van der Waals surface area contributed by atoms with E-state index in [0.717, 1.165) is 5.69 Å². The van der Waals surface area contributed by atoms with Crippen LogP contribution in [0.3, 0.4) is 0 Å². The molecule has 0 bridgehead atoms. The van der Waals surface area contributed by atoms with E-state index in [0.29, 0.717) is 6.54 Å². The van der Waals surface area contributed by atoms with Crippen LogP contribution < -0.4 is 5.32 Å². The first-order chi connectivity index (χ1) is 6.97. The Morgan fingerprint density at radius 3 is 2.73 bits per heavy atom. The SMILES string of the molecule is COC(C)(C)C(=O)NCc1cccn1C. The standard InChI is InChI=1S/C11H18N2O2/c1-11(2,15-4)10(14)12-8-9-6-5-7-13(9)3/h5-7H,8H2,1-4H3,(H,12,14). The lowest BCUT2D eigenvalue weighted by atomic mass is 10.1. The van der Waals surface area contributed by atoms with E-state index in [4.69, 9.17) is 4.74 Å². The number of nitrogens with zero attached hydrogens (tertiary/aromatic N) is 1. The van der Waals surface area contributed by atoms with Crippen molar-refractivity contribution in [3.05, 3.63) is 24.0 Å². The van der Waals surface area contributed by atoms with E-state index in [1.807, 2.05) is 29.9 Å². The predicted octanol–water partition coefficient (Wildman–Crippen LogP) is 1.07. The Labute approximate surface area is 90.2 Å². The lowest BCUT2D eigenvalue weighted by Gasteiger charge is -2.21. The first-order valence-corrected chi connectivity index (χ1v) is 4.91. The molecule has 0 saturated heterocycles. The zero-order valence-electron chi connectivity index (χ0n) is 9.70. The summed E-state index contributed by atoms with van der Waals surface area (Å²) in [6.45, 7) is 4.01. The van der Waals surface area contributed by atoms with Gasteiger partial charge in [0.05, 0.1) is 6.54 Å². The molecule has 4 heteroatoms. The fourth-order valence-corrected chi connectivity index (χ4v) is 1.16. The van der Waals surface area contributed by atoms with Crippen LogP contribution in [0.25, 0.3) is 0 Å². The second-order valence-electron chi connectivity index (χ2n) is 4.01. The van der Waals surface area contributed by atoms with Crippen molar-refractivity contribution in [3.8, 4) is 0 Å². The fraction of sp³-hybridized carbons (Fsp3) is 0.545. The molecule has 0 unspecified atom stereocenters. The van der Waals surface area contributed by atoms with Gasteiger partial charge >= 0.3 is 0 Å². The van der Waals surface area contributed by atoms with Gasteiger partial charge in [0, 0.05) is 26.0 Å². The van der Waals surface area contributed by atoms with Crippen LogP contribution in [-0.4, -0.2) is 23.2 Å². The van der Waals surface area contributed by atoms with Crippen molar-refractivity contribution < 1.29 is 9.53 Å². The van der Waals surface area contributed by atoms with Crippen LogP contribution in [0.2, 0.25) is 0 Å². The third kappa shape index (κ3) is 2.83. The summed E-state index contributed by atoms with van der Waals surface area (Å²) in [6, 6.07) is 3.92. The molecule has 1 rings (SSSR count). The number of nitrogens with one attached hydrogen (secondary N) is 1. The molecule has 0 saturated carbocycles. The second-order valence-corrected chi connectivity index (χ2v) is 4.01. The Hall–Kier alpha value is -1.29. The van der Waals surface area contributed by atoms with E-state index >= 15 is 0 Å². The molecule has 1 heterocycles. The number of hydrogen-bond donors (Lipinski definition) is 1. The van der Waals surface area contributed by atoms with Crippen molar-refractivity contribution in [3.63, 3.8) is 0 Å². The molecule has 1 N–H and O–H groups in total. The normalized spacial score (nSPS) is 11.5. The van der Waals surface area contributed by atoms with Gasteiger partial charge in [0.15, 0.2) is 0 Å². The van der Waals surface area contributed by atoms with Crippen molar-refractivity contribution in [1.82, 2.24) is 9.88 Å². The first kappa shape index (κ1) is 11.8. The number of carbonyl (C=O) groups excluding carboxylic acids is 1. The summed E-state index contributed by atoms with van der Waals surface area (Å²) in [7, 11) is 3.48. The van der Waals surface area contributed by atoms with Crippen LogP contribution in [0.15, 0.2) is 18.3 Å². The summed E-state index contributed by atoms with van der Waals surface area (Å²) in [5.41, 5.74) is 0.292. The van der Waals surface area contributed by atoms with E-state index in [9.17, 15) is 4.79 Å². The molecule has 0 aliphatic carbocycles. The molecule has 15 heavy (non-hydrogen) atoms. The predicted molar refractivity (Wildman–Crippen MR) is 58.3 cm³/mol. The topological polar surface area (TPSA) is 43.3 Å². The molecule has 84 valence electrons. The Bertz CT molecular complexity index is 342. The molecule has 0 aliphatic rings. The number of carbonyl (C=O) groups is 1. The number of amides is 1. The van der Waals surface area contributed by atoms with Gasteiger partial charge in [0.25, 0.3) is 5.91 Å². The smallest absolute Gasteiger partial charge is 0.251 e. The van der Waals surface area contributed by atoms with Crippen molar-refractivity contribution in [2.45, 2.75) is 26.0 Å². The number of aryl methyl sites for hydroxylation is 1. The highest BCUT2D eigenvalue weighted by atomic mass is 16.5. The average molecular weight is 210 g/mol. The summed E-state index contributed by atoms with van der Waals surface area (Å²) < 4.78 is 7.05. The monoisotopic (exact) mass is 210 g/mol. The molecule has 0 fully saturated rings. The quantitative estimate of drug-likeness (QED) is 0.807. The zero-order chi connectivity index (χ0) is 11.5. The van der Waals surface area contributed by atoms with Crippen LogP contribution in [0.4, 0.5) is 0 Å². The van der Waals surface area contributed by atoms with E-state index in [2.05, 4.69) is 5.32 Å². The summed E-state index contributed by atoms with van der Waals surface area (Å²) in [6.07, 6.45) is 1.95. The number of ether oxygens (including phenoxy) is 1. The Morgan fingerprint density at radius 2 is 2.27 bits per heavy atom. The molecule has 0 radical (unpaired) electrons. The summed E-state index contributed by atoms with van der Waals surface area (Å²) in [5, 5.41) is 2.83. The highest BCUT2D eigenvalue weighted by Gasteiger charge is 2.26. The minimum absolute atomic E-state index is 0.105. The molecule has 0 aromatic carbocycles. The van der Waals surface area contributed by atoms with E-state index in [1.54, 1.807) is 13.8 Å². The van der Waals surface area contributed by atoms with Gasteiger partial charge in [0.1, 0.15) is 5.60 Å². The number of methoxy groups -OCH3 is 1. The zero-order valence-corrected chi connectivity index (χ0v) is 9.70. The lowest BCUT2D eigenvalue weighted by molar-refractivity contribution is -0.139. The van der Waals surface area contributed by atoms with Crippen molar-refractivity contribution in [2.24, 2.45) is 7.05 Å². The van der Waals surface area contributed by atoms with Crippen molar-refractivity contribution >= 4 is 5.91 Å². The van der Waals surface area contributed by atoms with Gasteiger partial charge < -0.3 is 14.6 Å². The number of hydrogen-bond acceptors (Lipinski definition) is 2. The second kappa shape index (κ2) is 4.49. The Morgan fingerprint density at radius 1 is 1.60 bits per heavy atom. The van der Waals surface area contributed by atoms with Gasteiger partial charge in [-0.25, -0.2) is 0 Å². The molecule has 0 aliphatic heterocycles. The molecular formula is C11H18N2O2. The third-order valence-electron chi connectivity index (χ3n) is 2.54. The van der Waals surface area contributed by atoms with Gasteiger partial charge in [-0.3, -0.25) is 4.79 Å². The summed E-state index contributed by atoms with van der Waals surface area (Å²) >= 11 is 0. The molecule has 1 aromatic rings. The highest BCUT2D eigenvalue weighted by Crippen LogP contribution is 2.07. The first-order valence-electron chi connectivity index (χ1n) is 4.91. The third-order valence-corrected chi connectivity index (χ3v) is 2.54. The molecule has 1 aromatic heterocycles. The fourth-order valence-electron chi connectivity index (χ4n) is 1.16. The largest absolute Gasteiger partial charge is 0.369 e. The average Bonchev–Trinajstić information content (AvgIpc) is 2.60. The molecule has 1 amide bonds. The maximum absolute atomic E-state index is 11.7. The van der Waals surface area contributed by atoms with Crippen LogP contribution in [0.1, 0.15) is 19.5 Å². The summed E-state index contributed by atoms with van der Waals surface area (Å²) in [4.78, 5) is 11.7. The Kier molecular flexibility index (Phi) is 3.52. The highest BCUT2D eigenvalue weighted by molar-refractivity contribution is 5.84. The number of rotatable bonds is 4. The van der Waals surface area contributed by atoms with Crippen LogP contribution >= 0.6 is 0 Å². The van der Waals surface area contributed by atoms with E-state index in [-0.39, 0.29) is 5.91 Å². The van der Waals surface area contributed by atoms with E-state index < -0.39 is 5.60 Å². The van der Waals surface area contributed by atoms with Crippen molar-refractivity contribution in [1.29, 1.82) is 0 Å². The van der Waals surface area contributed by atoms with Gasteiger partial charge in [-0.2, -0.15) is 0 Å². The van der Waals surface area contributed by atoms with Gasteiger partial charge in [-0.15, -0.1) is 0 Å². The van der Waals surface area contributed by atoms with Crippen LogP contribution in [-0.2, 0) is 23.1 Å². The molecule has 0 atom stereocenters. The molecule has 0 spiro atoms. The van der Waals surface area contributed by atoms with Crippen molar-refractivity contribution in [2.75, 3.05) is 7.11 Å². The molecular weight excluding hydrogens is 192 g/mol. The van der Waals surface area contributed by atoms with Crippen LogP contribution in [0.5, 0.6) is 0 Å².